The zero-order valence-corrected chi connectivity index (χ0v) is 26.9. The second-order valence-electron chi connectivity index (χ2n) is 14.2. The van der Waals surface area contributed by atoms with Crippen LogP contribution in [0.3, 0.4) is 0 Å². The van der Waals surface area contributed by atoms with Crippen molar-refractivity contribution in [3.8, 4) is 22.9 Å². The van der Waals surface area contributed by atoms with Gasteiger partial charge in [0.2, 0.25) is 0 Å². The van der Waals surface area contributed by atoms with Crippen LogP contribution in [0.4, 0.5) is 0 Å². The van der Waals surface area contributed by atoms with E-state index in [1.807, 2.05) is 0 Å². The minimum absolute atomic E-state index is 0.433. The average molecular weight is 611 g/mol. The molecule has 0 aliphatic carbocycles. The molecule has 2 aliphatic rings. The number of para-hydroxylation sites is 4. The second-order valence-corrected chi connectivity index (χ2v) is 14.2. The lowest BCUT2D eigenvalue weighted by molar-refractivity contribution is -0.169. The Labute approximate surface area is 273 Å². The highest BCUT2D eigenvalue weighted by molar-refractivity contribution is 6.10. The third kappa shape index (κ3) is 3.23. The van der Waals surface area contributed by atoms with Gasteiger partial charge in [-0.3, -0.25) is 0 Å². The highest BCUT2D eigenvalue weighted by Crippen LogP contribution is 2.62. The summed E-state index contributed by atoms with van der Waals surface area (Å²) in [6, 6.07) is 47.9. The minimum Gasteiger partial charge on any atom is -0.450 e. The fourth-order valence-corrected chi connectivity index (χ4v) is 8.88. The molecule has 6 aromatic carbocycles. The summed E-state index contributed by atoms with van der Waals surface area (Å²) in [4.78, 5) is 0. The van der Waals surface area contributed by atoms with Gasteiger partial charge in [-0.1, -0.05) is 84.9 Å². The minimum atomic E-state index is -0.927. The van der Waals surface area contributed by atoms with Gasteiger partial charge in [-0.15, -0.1) is 0 Å². The number of nitrogens with zero attached hydrogens (tertiary/aromatic N) is 2. The Morgan fingerprint density at radius 1 is 0.404 bits per heavy atom. The zero-order valence-electron chi connectivity index (χ0n) is 26.9. The Balaban J connectivity index is 1.11. The van der Waals surface area contributed by atoms with Crippen LogP contribution in [0.5, 0.6) is 11.5 Å². The summed E-state index contributed by atoms with van der Waals surface area (Å²) in [6.07, 6.45) is 0. The summed E-state index contributed by atoms with van der Waals surface area (Å²) in [6.45, 7) is 9.06. The van der Waals surface area contributed by atoms with Gasteiger partial charge in [0.05, 0.1) is 32.9 Å². The molecule has 8 aromatic rings. The smallest absolute Gasteiger partial charge is 0.269 e. The van der Waals surface area contributed by atoms with Crippen molar-refractivity contribution in [2.24, 2.45) is 0 Å². The Morgan fingerprint density at radius 3 is 1.06 bits per heavy atom. The van der Waals surface area contributed by atoms with Crippen molar-refractivity contribution in [2.45, 2.75) is 44.3 Å². The van der Waals surface area contributed by atoms with Crippen molar-refractivity contribution >= 4 is 43.6 Å². The van der Waals surface area contributed by atoms with Gasteiger partial charge < -0.3 is 18.6 Å². The number of aromatic nitrogens is 2. The molecule has 0 amide bonds. The number of hydrogen-bond donors (Lipinski definition) is 0. The van der Waals surface area contributed by atoms with Crippen molar-refractivity contribution in [3.63, 3.8) is 0 Å². The van der Waals surface area contributed by atoms with Crippen LogP contribution in [-0.2, 0) is 10.8 Å². The van der Waals surface area contributed by atoms with Crippen LogP contribution in [0.1, 0.15) is 38.8 Å². The molecule has 0 unspecified atom stereocenters. The maximum atomic E-state index is 7.16. The van der Waals surface area contributed by atoms with Crippen LogP contribution in [0, 0.1) is 0 Å². The number of hydrogen-bond acceptors (Lipinski definition) is 2. The normalized spacial score (nSPS) is 16.9. The lowest BCUT2D eigenvalue weighted by Crippen LogP contribution is -2.61. The molecule has 1 spiro atoms. The van der Waals surface area contributed by atoms with Gasteiger partial charge in [-0.05, 0) is 64.1 Å². The van der Waals surface area contributed by atoms with Gasteiger partial charge in [0, 0.05) is 56.2 Å². The molecule has 0 saturated heterocycles. The summed E-state index contributed by atoms with van der Waals surface area (Å²) in [5, 5.41) is 4.99. The monoisotopic (exact) mass is 610 g/mol. The summed E-state index contributed by atoms with van der Waals surface area (Å²) in [5.41, 5.74) is 8.34. The molecule has 0 fully saturated rings. The maximum absolute atomic E-state index is 7.16. The van der Waals surface area contributed by atoms with E-state index in [0.29, 0.717) is 0 Å². The van der Waals surface area contributed by atoms with Crippen molar-refractivity contribution in [2.75, 3.05) is 0 Å². The SMILES string of the molecule is CC1(C)c2ccc(-n3c4ccccc4c4ccccc43)cc2OC12Oc1cc(-n3c4ccccc4c4ccccc43)ccc1C2(C)C. The van der Waals surface area contributed by atoms with E-state index in [0.717, 1.165) is 34.0 Å². The van der Waals surface area contributed by atoms with E-state index >= 15 is 0 Å². The molecule has 0 N–H and O–H groups in total. The van der Waals surface area contributed by atoms with E-state index in [4.69, 9.17) is 9.47 Å². The summed E-state index contributed by atoms with van der Waals surface area (Å²) in [7, 11) is 0. The largest absolute Gasteiger partial charge is 0.450 e. The Morgan fingerprint density at radius 2 is 0.723 bits per heavy atom. The molecule has 4 heteroatoms. The highest BCUT2D eigenvalue weighted by Gasteiger charge is 2.69. The quantitative estimate of drug-likeness (QED) is 0.195. The van der Waals surface area contributed by atoms with Crippen LogP contribution in [0.15, 0.2) is 133 Å². The van der Waals surface area contributed by atoms with Crippen LogP contribution in [0.2, 0.25) is 0 Å². The van der Waals surface area contributed by atoms with Crippen LogP contribution in [0.25, 0.3) is 55.0 Å². The Bertz CT molecular complexity index is 2310. The van der Waals surface area contributed by atoms with Crippen LogP contribution in [-0.4, -0.2) is 14.9 Å². The number of rotatable bonds is 2. The summed E-state index contributed by atoms with van der Waals surface area (Å²) >= 11 is 0. The molecule has 0 bridgehead atoms. The average Bonchev–Trinajstić information content (AvgIpc) is 3.74. The van der Waals surface area contributed by atoms with E-state index in [1.54, 1.807) is 0 Å². The molecule has 2 aliphatic heterocycles. The third-order valence-electron chi connectivity index (χ3n) is 11.1. The zero-order chi connectivity index (χ0) is 31.7. The van der Waals surface area contributed by atoms with Crippen molar-refractivity contribution in [1.29, 1.82) is 0 Å². The van der Waals surface area contributed by atoms with Crippen LogP contribution < -0.4 is 9.47 Å². The summed E-state index contributed by atoms with van der Waals surface area (Å²) in [5.74, 6) is 0.819. The molecule has 2 aromatic heterocycles. The highest BCUT2D eigenvalue weighted by atomic mass is 16.7. The second kappa shape index (κ2) is 8.86. The summed E-state index contributed by atoms with van der Waals surface area (Å²) < 4.78 is 19.0. The molecule has 47 heavy (non-hydrogen) atoms. The predicted molar refractivity (Wildman–Crippen MR) is 192 cm³/mol. The molecule has 0 radical (unpaired) electrons. The van der Waals surface area contributed by atoms with Crippen LogP contribution >= 0.6 is 0 Å². The fraction of sp³-hybridized carbons (Fsp3) is 0.163. The van der Waals surface area contributed by atoms with Gasteiger partial charge in [0.1, 0.15) is 11.5 Å². The van der Waals surface area contributed by atoms with Crippen molar-refractivity contribution in [1.82, 2.24) is 9.13 Å². The first-order valence-corrected chi connectivity index (χ1v) is 16.4. The van der Waals surface area contributed by atoms with Gasteiger partial charge in [-0.25, -0.2) is 0 Å². The molecule has 4 nitrogen and oxygen atoms in total. The van der Waals surface area contributed by atoms with Crippen molar-refractivity contribution < 1.29 is 9.47 Å². The number of ether oxygens (including phenoxy) is 2. The molecule has 4 heterocycles. The lowest BCUT2D eigenvalue weighted by atomic mass is 9.65. The standard InChI is InChI=1S/C43H34N2O2/c1-41(2)33-23-21-27(44-35-17-9-5-13-29(35)30-14-6-10-18-36(30)44)25-39(33)46-43(41)42(3,4)34-24-22-28(26-40(34)47-43)45-37-19-11-7-15-31(37)32-16-8-12-20-38(32)45/h5-26H,1-4H3. The van der Waals surface area contributed by atoms with Crippen molar-refractivity contribution in [3.05, 3.63) is 145 Å². The topological polar surface area (TPSA) is 28.3 Å². The van der Waals surface area contributed by atoms with E-state index in [9.17, 15) is 0 Å². The molecule has 10 rings (SSSR count). The Hall–Kier alpha value is -5.48. The maximum Gasteiger partial charge on any atom is 0.269 e. The van der Waals surface area contributed by atoms with Gasteiger partial charge in [0.25, 0.3) is 5.79 Å². The van der Waals surface area contributed by atoms with E-state index in [2.05, 4.69) is 170 Å². The first-order chi connectivity index (χ1) is 22.8. The van der Waals surface area contributed by atoms with Gasteiger partial charge in [-0.2, -0.15) is 0 Å². The number of benzene rings is 6. The van der Waals surface area contributed by atoms with E-state index in [-0.39, 0.29) is 0 Å². The molecule has 228 valence electrons. The predicted octanol–water partition coefficient (Wildman–Crippen LogP) is 10.6. The van der Waals surface area contributed by atoms with E-state index in [1.165, 1.54) is 43.6 Å². The Kier molecular flexibility index (Phi) is 5.03. The fourth-order valence-electron chi connectivity index (χ4n) is 8.88. The molecular formula is C43H34N2O2. The molecule has 0 atom stereocenters. The number of fused-ring (bicyclic) bond motifs is 8. The van der Waals surface area contributed by atoms with Gasteiger partial charge >= 0.3 is 0 Å². The molecule has 0 saturated carbocycles. The molecular weight excluding hydrogens is 576 g/mol. The third-order valence-corrected chi connectivity index (χ3v) is 11.1. The first kappa shape index (κ1) is 26.7. The van der Waals surface area contributed by atoms with Gasteiger partial charge in [0.15, 0.2) is 0 Å². The first-order valence-electron chi connectivity index (χ1n) is 16.4. The van der Waals surface area contributed by atoms with E-state index < -0.39 is 16.6 Å². The lowest BCUT2D eigenvalue weighted by Gasteiger charge is -2.44.